The maximum absolute atomic E-state index is 2.40. The van der Waals surface area contributed by atoms with Crippen molar-refractivity contribution in [1.82, 2.24) is 0 Å². The van der Waals surface area contributed by atoms with Crippen LogP contribution in [-0.4, -0.2) is 11.5 Å². The summed E-state index contributed by atoms with van der Waals surface area (Å²) in [7, 11) is 0. The first-order valence-corrected chi connectivity index (χ1v) is 6.29. The third-order valence-electron chi connectivity index (χ3n) is 3.11. The summed E-state index contributed by atoms with van der Waals surface area (Å²) in [4.78, 5) is 0. The van der Waals surface area contributed by atoms with Crippen molar-refractivity contribution in [3.63, 3.8) is 0 Å². The van der Waals surface area contributed by atoms with Gasteiger partial charge in [-0.2, -0.15) is 11.8 Å². The summed E-state index contributed by atoms with van der Waals surface area (Å²) in [6.45, 7) is 9.54. The van der Waals surface area contributed by atoms with Crippen molar-refractivity contribution in [2.75, 3.05) is 11.5 Å². The Balaban J connectivity index is 2.59. The molecule has 2 unspecified atom stereocenters. The molecular formula is C11H22S. The van der Waals surface area contributed by atoms with Gasteiger partial charge in [-0.3, -0.25) is 0 Å². The number of hydrogen-bond donors (Lipinski definition) is 0. The van der Waals surface area contributed by atoms with E-state index in [1.54, 1.807) is 0 Å². The van der Waals surface area contributed by atoms with Crippen LogP contribution in [0.5, 0.6) is 0 Å². The van der Waals surface area contributed by atoms with Crippen LogP contribution < -0.4 is 0 Å². The quantitative estimate of drug-likeness (QED) is 0.600. The van der Waals surface area contributed by atoms with Gasteiger partial charge in [0.2, 0.25) is 0 Å². The minimum absolute atomic E-state index is 0.529. The van der Waals surface area contributed by atoms with Crippen LogP contribution in [0.25, 0.3) is 0 Å². The van der Waals surface area contributed by atoms with Crippen molar-refractivity contribution in [2.45, 2.75) is 40.5 Å². The van der Waals surface area contributed by atoms with Crippen LogP contribution in [-0.2, 0) is 0 Å². The summed E-state index contributed by atoms with van der Waals surface area (Å²) >= 11 is 2.15. The van der Waals surface area contributed by atoms with Gasteiger partial charge in [0.15, 0.2) is 0 Å². The molecule has 1 aliphatic rings. The van der Waals surface area contributed by atoms with E-state index in [9.17, 15) is 0 Å². The normalized spacial score (nSPS) is 32.0. The topological polar surface area (TPSA) is 0 Å². The van der Waals surface area contributed by atoms with E-state index in [0.717, 1.165) is 11.8 Å². The molecule has 0 radical (unpaired) electrons. The monoisotopic (exact) mass is 186 g/mol. The first-order chi connectivity index (χ1) is 5.55. The Hall–Kier alpha value is 0.350. The first kappa shape index (κ1) is 10.4. The van der Waals surface area contributed by atoms with Gasteiger partial charge >= 0.3 is 0 Å². The lowest BCUT2D eigenvalue weighted by molar-refractivity contribution is 0.158. The Morgan fingerprint density at radius 3 is 2.42 bits per heavy atom. The van der Waals surface area contributed by atoms with Crippen LogP contribution in [0.1, 0.15) is 40.5 Å². The Kier molecular flexibility index (Phi) is 3.51. The smallest absolute Gasteiger partial charge is 0.00364 e. The summed E-state index contributed by atoms with van der Waals surface area (Å²) in [6.07, 6.45) is 2.81. The van der Waals surface area contributed by atoms with Gasteiger partial charge in [0.25, 0.3) is 0 Å². The largest absolute Gasteiger partial charge is 0.162 e. The van der Waals surface area contributed by atoms with E-state index in [1.807, 2.05) is 0 Å². The van der Waals surface area contributed by atoms with Crippen LogP contribution in [0.15, 0.2) is 0 Å². The molecule has 12 heavy (non-hydrogen) atoms. The van der Waals surface area contributed by atoms with Gasteiger partial charge in [0.05, 0.1) is 0 Å². The lowest BCUT2D eigenvalue weighted by atomic mass is 9.71. The Labute approximate surface area is 81.5 Å². The van der Waals surface area contributed by atoms with Crippen molar-refractivity contribution in [3.05, 3.63) is 0 Å². The van der Waals surface area contributed by atoms with E-state index >= 15 is 0 Å². The van der Waals surface area contributed by atoms with Crippen LogP contribution in [0.4, 0.5) is 0 Å². The number of rotatable bonds is 1. The molecule has 0 N–H and O–H groups in total. The van der Waals surface area contributed by atoms with Crippen LogP contribution >= 0.6 is 11.8 Å². The van der Waals surface area contributed by atoms with E-state index < -0.39 is 0 Å². The second kappa shape index (κ2) is 4.04. The average molecular weight is 186 g/mol. The summed E-state index contributed by atoms with van der Waals surface area (Å²) in [5, 5.41) is 0. The van der Waals surface area contributed by atoms with E-state index in [0.29, 0.717) is 5.41 Å². The van der Waals surface area contributed by atoms with Gasteiger partial charge in [-0.1, -0.05) is 34.1 Å². The molecule has 0 bridgehead atoms. The zero-order valence-corrected chi connectivity index (χ0v) is 9.71. The van der Waals surface area contributed by atoms with Crippen molar-refractivity contribution in [2.24, 2.45) is 17.3 Å². The summed E-state index contributed by atoms with van der Waals surface area (Å²) in [5.41, 5.74) is 0.529. The van der Waals surface area contributed by atoms with Crippen molar-refractivity contribution in [1.29, 1.82) is 0 Å². The molecule has 72 valence electrons. The highest BCUT2D eigenvalue weighted by molar-refractivity contribution is 7.99. The van der Waals surface area contributed by atoms with Crippen LogP contribution in [0.3, 0.4) is 0 Å². The molecule has 1 heterocycles. The zero-order valence-electron chi connectivity index (χ0n) is 8.89. The van der Waals surface area contributed by atoms with E-state index in [-0.39, 0.29) is 0 Å². The molecule has 0 nitrogen and oxygen atoms in total. The lowest BCUT2D eigenvalue weighted by Crippen LogP contribution is -2.32. The van der Waals surface area contributed by atoms with E-state index in [2.05, 4.69) is 39.5 Å². The second-order valence-electron chi connectivity index (χ2n) is 5.00. The van der Waals surface area contributed by atoms with E-state index in [1.165, 1.54) is 24.3 Å². The molecule has 1 heteroatoms. The minimum atomic E-state index is 0.529. The molecule has 1 aliphatic heterocycles. The van der Waals surface area contributed by atoms with Gasteiger partial charge < -0.3 is 0 Å². The van der Waals surface area contributed by atoms with Crippen molar-refractivity contribution in [3.8, 4) is 0 Å². The highest BCUT2D eigenvalue weighted by Gasteiger charge is 2.32. The maximum Gasteiger partial charge on any atom is -0.00364 e. The predicted octanol–water partition coefficient (Wildman–Crippen LogP) is 3.81. The molecule has 0 amide bonds. The zero-order chi connectivity index (χ0) is 9.19. The fourth-order valence-corrected chi connectivity index (χ4v) is 3.70. The molecule has 0 aromatic heterocycles. The van der Waals surface area contributed by atoms with Gasteiger partial charge in [-0.25, -0.2) is 0 Å². The first-order valence-electron chi connectivity index (χ1n) is 5.13. The number of thioether (sulfide) groups is 1. The van der Waals surface area contributed by atoms with Gasteiger partial charge in [0.1, 0.15) is 0 Å². The predicted molar refractivity (Wildman–Crippen MR) is 58.7 cm³/mol. The molecular weight excluding hydrogens is 164 g/mol. The standard InChI is InChI=1S/C11H22S/c1-5-9-8-12-7-6-10(9)11(2,3)4/h9-10H,5-8H2,1-4H3. The fraction of sp³-hybridized carbons (Fsp3) is 1.00. The Bertz CT molecular complexity index is 134. The molecule has 1 fully saturated rings. The number of hydrogen-bond acceptors (Lipinski definition) is 1. The van der Waals surface area contributed by atoms with E-state index in [4.69, 9.17) is 0 Å². The fourth-order valence-electron chi connectivity index (χ4n) is 2.34. The molecule has 0 aromatic rings. The van der Waals surface area contributed by atoms with Crippen molar-refractivity contribution < 1.29 is 0 Å². The maximum atomic E-state index is 2.40. The highest BCUT2D eigenvalue weighted by atomic mass is 32.2. The Morgan fingerprint density at radius 1 is 1.33 bits per heavy atom. The lowest BCUT2D eigenvalue weighted by Gasteiger charge is -2.39. The van der Waals surface area contributed by atoms with Gasteiger partial charge in [0, 0.05) is 0 Å². The summed E-state index contributed by atoms with van der Waals surface area (Å²) in [5.74, 6) is 4.73. The third kappa shape index (κ3) is 2.42. The summed E-state index contributed by atoms with van der Waals surface area (Å²) in [6, 6.07) is 0. The summed E-state index contributed by atoms with van der Waals surface area (Å²) < 4.78 is 0. The van der Waals surface area contributed by atoms with Crippen molar-refractivity contribution >= 4 is 11.8 Å². The molecule has 1 saturated heterocycles. The SMILES string of the molecule is CCC1CSCCC1C(C)(C)C. The molecule has 0 spiro atoms. The third-order valence-corrected chi connectivity index (χ3v) is 4.30. The van der Waals surface area contributed by atoms with Gasteiger partial charge in [-0.15, -0.1) is 0 Å². The molecule has 0 saturated carbocycles. The molecule has 0 aromatic carbocycles. The molecule has 2 atom stereocenters. The minimum Gasteiger partial charge on any atom is -0.162 e. The van der Waals surface area contributed by atoms with Gasteiger partial charge in [-0.05, 0) is 35.2 Å². The van der Waals surface area contributed by atoms with Crippen LogP contribution in [0.2, 0.25) is 0 Å². The van der Waals surface area contributed by atoms with Crippen LogP contribution in [0, 0.1) is 17.3 Å². The molecule has 1 rings (SSSR count). The molecule has 0 aliphatic carbocycles. The highest BCUT2D eigenvalue weighted by Crippen LogP contribution is 2.41. The second-order valence-corrected chi connectivity index (χ2v) is 6.15. The average Bonchev–Trinajstić information content (AvgIpc) is 2.03. The Morgan fingerprint density at radius 2 is 2.00 bits per heavy atom.